The zero-order valence-electron chi connectivity index (χ0n) is 10.2. The number of hydrogen-bond donors (Lipinski definition) is 2. The molecular formula is C14H12FNO3. The molecule has 0 unspecified atom stereocenters. The first-order valence-corrected chi connectivity index (χ1v) is 5.62. The lowest BCUT2D eigenvalue weighted by Crippen LogP contribution is -2.19. The number of benzene rings is 1. The molecule has 0 spiro atoms. The zero-order valence-corrected chi connectivity index (χ0v) is 10.2. The van der Waals surface area contributed by atoms with Gasteiger partial charge in [0.15, 0.2) is 5.76 Å². The molecule has 2 aromatic rings. The van der Waals surface area contributed by atoms with Crippen LogP contribution < -0.4 is 10.2 Å². The first-order valence-electron chi connectivity index (χ1n) is 5.62. The van der Waals surface area contributed by atoms with E-state index in [0.717, 1.165) is 0 Å². The highest BCUT2D eigenvalue weighted by molar-refractivity contribution is 5.32. The smallest absolute Gasteiger partial charge is 0.291 e. The van der Waals surface area contributed by atoms with E-state index in [4.69, 9.17) is 14.4 Å². The quantitative estimate of drug-likeness (QED) is 0.659. The molecule has 4 nitrogen and oxygen atoms in total. The van der Waals surface area contributed by atoms with Crippen molar-refractivity contribution >= 4 is 0 Å². The van der Waals surface area contributed by atoms with Crippen LogP contribution in [0, 0.1) is 17.7 Å². The predicted octanol–water partition coefficient (Wildman–Crippen LogP) is 2.93. The lowest BCUT2D eigenvalue weighted by atomic mass is 10.3. The fraction of sp³-hybridized carbons (Fsp3) is 0.143. The van der Waals surface area contributed by atoms with Gasteiger partial charge in [0.1, 0.15) is 11.6 Å². The molecule has 98 valence electrons. The maximum Gasteiger partial charge on any atom is 0.291 e. The van der Waals surface area contributed by atoms with Crippen LogP contribution in [0.2, 0.25) is 0 Å². The maximum atomic E-state index is 12.7. The molecule has 0 saturated carbocycles. The van der Waals surface area contributed by atoms with Crippen LogP contribution in [-0.2, 0) is 0 Å². The van der Waals surface area contributed by atoms with E-state index in [1.807, 2.05) is 5.48 Å². The van der Waals surface area contributed by atoms with E-state index in [1.165, 1.54) is 24.3 Å². The van der Waals surface area contributed by atoms with Crippen LogP contribution in [0.1, 0.15) is 12.7 Å². The molecule has 0 fully saturated rings. The molecule has 0 aliphatic rings. The predicted molar refractivity (Wildman–Crippen MR) is 66.4 cm³/mol. The Labute approximate surface area is 109 Å². The Bertz CT molecular complexity index is 595. The van der Waals surface area contributed by atoms with Crippen molar-refractivity contribution in [1.82, 2.24) is 5.48 Å². The largest absolute Gasteiger partial charge is 0.426 e. The van der Waals surface area contributed by atoms with Crippen molar-refractivity contribution < 1.29 is 18.8 Å². The van der Waals surface area contributed by atoms with Gasteiger partial charge in [0, 0.05) is 6.07 Å². The van der Waals surface area contributed by atoms with Gasteiger partial charge in [0.2, 0.25) is 0 Å². The molecule has 2 N–H and O–H groups in total. The molecule has 0 bridgehead atoms. The molecule has 1 atom stereocenters. The second-order valence-electron chi connectivity index (χ2n) is 3.79. The highest BCUT2D eigenvalue weighted by Crippen LogP contribution is 2.23. The maximum absolute atomic E-state index is 12.7. The Morgan fingerprint density at radius 1 is 1.26 bits per heavy atom. The number of hydrogen-bond acceptors (Lipinski definition) is 4. The van der Waals surface area contributed by atoms with Crippen LogP contribution in [0.25, 0.3) is 0 Å². The van der Waals surface area contributed by atoms with Gasteiger partial charge in [-0.2, -0.15) is 5.48 Å². The molecule has 1 aromatic heterocycles. The van der Waals surface area contributed by atoms with Gasteiger partial charge in [0.05, 0.1) is 6.04 Å². The molecule has 2 rings (SSSR count). The highest BCUT2D eigenvalue weighted by atomic mass is 19.1. The van der Waals surface area contributed by atoms with Crippen LogP contribution in [0.3, 0.4) is 0 Å². The number of rotatable bonds is 3. The van der Waals surface area contributed by atoms with Crippen molar-refractivity contribution in [2.75, 3.05) is 0 Å². The van der Waals surface area contributed by atoms with Gasteiger partial charge >= 0.3 is 0 Å². The minimum absolute atomic E-state index is 0.264. The average Bonchev–Trinajstić information content (AvgIpc) is 2.86. The van der Waals surface area contributed by atoms with E-state index < -0.39 is 0 Å². The van der Waals surface area contributed by atoms with Gasteiger partial charge in [-0.05, 0) is 43.2 Å². The summed E-state index contributed by atoms with van der Waals surface area (Å²) >= 11 is 0. The molecule has 5 heteroatoms. The highest BCUT2D eigenvalue weighted by Gasteiger charge is 2.03. The van der Waals surface area contributed by atoms with Gasteiger partial charge in [-0.15, -0.1) is 0 Å². The third-order valence-electron chi connectivity index (χ3n) is 2.22. The summed E-state index contributed by atoms with van der Waals surface area (Å²) in [6.45, 7) is 1.70. The molecule has 0 amide bonds. The van der Waals surface area contributed by atoms with E-state index in [1.54, 1.807) is 19.1 Å². The normalized spacial score (nSPS) is 11.5. The third-order valence-corrected chi connectivity index (χ3v) is 2.22. The number of halogens is 1. The number of nitrogens with one attached hydrogen (secondary N) is 1. The first kappa shape index (κ1) is 13.1. The molecule has 19 heavy (non-hydrogen) atoms. The van der Waals surface area contributed by atoms with Gasteiger partial charge in [-0.1, -0.05) is 5.92 Å². The van der Waals surface area contributed by atoms with Crippen molar-refractivity contribution in [2.24, 2.45) is 0 Å². The fourth-order valence-electron chi connectivity index (χ4n) is 1.27. The van der Waals surface area contributed by atoms with Crippen LogP contribution in [0.5, 0.6) is 11.7 Å². The number of ether oxygens (including phenoxy) is 1. The summed E-state index contributed by atoms with van der Waals surface area (Å²) in [5.41, 5.74) is 2.01. The molecule has 0 aliphatic carbocycles. The lowest BCUT2D eigenvalue weighted by Gasteiger charge is -2.00. The monoisotopic (exact) mass is 261 g/mol. The standard InChI is InChI=1S/C14H12FNO3/c1-10(16-17)2-5-12-8-9-14(18-12)19-13-6-3-11(15)4-7-13/h3-4,6-10,16-17H,1H3/t10-/m0/s1. The molecular weight excluding hydrogens is 249 g/mol. The summed E-state index contributed by atoms with van der Waals surface area (Å²) in [4.78, 5) is 0. The second-order valence-corrected chi connectivity index (χ2v) is 3.79. The summed E-state index contributed by atoms with van der Waals surface area (Å²) < 4.78 is 23.4. The Morgan fingerprint density at radius 2 is 2.00 bits per heavy atom. The Hall–Kier alpha value is -2.29. The van der Waals surface area contributed by atoms with Crippen LogP contribution >= 0.6 is 0 Å². The zero-order chi connectivity index (χ0) is 13.7. The topological polar surface area (TPSA) is 54.6 Å². The molecule has 1 aromatic carbocycles. The summed E-state index contributed by atoms with van der Waals surface area (Å²) in [7, 11) is 0. The van der Waals surface area contributed by atoms with Crippen molar-refractivity contribution in [3.05, 3.63) is 48.0 Å². The minimum Gasteiger partial charge on any atom is -0.426 e. The van der Waals surface area contributed by atoms with Gasteiger partial charge in [-0.3, -0.25) is 0 Å². The lowest BCUT2D eigenvalue weighted by molar-refractivity contribution is 0.152. The number of hydroxylamine groups is 1. The Morgan fingerprint density at radius 3 is 2.68 bits per heavy atom. The van der Waals surface area contributed by atoms with E-state index in [-0.39, 0.29) is 17.8 Å². The second kappa shape index (κ2) is 6.05. The van der Waals surface area contributed by atoms with Crippen LogP contribution in [0.15, 0.2) is 40.8 Å². The molecule has 0 aliphatic heterocycles. The van der Waals surface area contributed by atoms with Crippen LogP contribution in [-0.4, -0.2) is 11.2 Å². The summed E-state index contributed by atoms with van der Waals surface area (Å²) in [5.74, 6) is 6.28. The molecule has 1 heterocycles. The third kappa shape index (κ3) is 3.85. The number of furan rings is 1. The van der Waals surface area contributed by atoms with Crippen molar-refractivity contribution in [2.45, 2.75) is 13.0 Å². The van der Waals surface area contributed by atoms with Gasteiger partial charge in [0.25, 0.3) is 5.95 Å². The Kier molecular flexibility index (Phi) is 4.18. The van der Waals surface area contributed by atoms with E-state index >= 15 is 0 Å². The first-order chi connectivity index (χ1) is 9.17. The average molecular weight is 261 g/mol. The molecule has 0 radical (unpaired) electrons. The summed E-state index contributed by atoms with van der Waals surface area (Å²) in [6.07, 6.45) is 0. The van der Waals surface area contributed by atoms with Crippen molar-refractivity contribution in [1.29, 1.82) is 0 Å². The van der Waals surface area contributed by atoms with Gasteiger partial charge < -0.3 is 14.4 Å². The summed E-state index contributed by atoms with van der Waals surface area (Å²) in [5, 5.41) is 8.60. The van der Waals surface area contributed by atoms with Crippen molar-refractivity contribution in [3.8, 4) is 23.5 Å². The minimum atomic E-state index is -0.355. The van der Waals surface area contributed by atoms with Crippen LogP contribution in [0.4, 0.5) is 4.39 Å². The SMILES string of the molecule is C[C@@H](C#Cc1ccc(Oc2ccc(F)cc2)o1)NO. The van der Waals surface area contributed by atoms with Crippen molar-refractivity contribution in [3.63, 3.8) is 0 Å². The van der Waals surface area contributed by atoms with E-state index in [0.29, 0.717) is 11.5 Å². The molecule has 0 saturated heterocycles. The van der Waals surface area contributed by atoms with E-state index in [2.05, 4.69) is 11.8 Å². The van der Waals surface area contributed by atoms with Gasteiger partial charge in [-0.25, -0.2) is 4.39 Å². The Balaban J connectivity index is 2.04. The summed E-state index contributed by atoms with van der Waals surface area (Å²) in [6, 6.07) is 8.51. The fourth-order valence-corrected chi connectivity index (χ4v) is 1.27. The van der Waals surface area contributed by atoms with E-state index in [9.17, 15) is 4.39 Å².